The highest BCUT2D eigenvalue weighted by molar-refractivity contribution is 5.15. The Bertz CT molecular complexity index is 208. The molecule has 1 aromatic rings. The van der Waals surface area contributed by atoms with Crippen LogP contribution >= 0.6 is 0 Å². The molecule has 1 aromatic carbocycles. The summed E-state index contributed by atoms with van der Waals surface area (Å²) in [6.45, 7) is 0.0496. The van der Waals surface area contributed by atoms with Crippen LogP contribution < -0.4 is 0 Å². The van der Waals surface area contributed by atoms with Crippen molar-refractivity contribution in [2.75, 3.05) is 6.61 Å². The van der Waals surface area contributed by atoms with Crippen molar-refractivity contribution < 1.29 is 10.2 Å². The minimum Gasteiger partial charge on any atom is -0.396 e. The van der Waals surface area contributed by atoms with Crippen LogP contribution in [0.1, 0.15) is 12.0 Å². The van der Waals surface area contributed by atoms with Crippen molar-refractivity contribution in [3.05, 3.63) is 35.9 Å². The lowest BCUT2D eigenvalue weighted by Gasteiger charge is -2.07. The van der Waals surface area contributed by atoms with Gasteiger partial charge in [0.15, 0.2) is 0 Å². The molecule has 0 spiro atoms. The van der Waals surface area contributed by atoms with Gasteiger partial charge in [0.2, 0.25) is 0 Å². The quantitative estimate of drug-likeness (QED) is 0.699. The molecule has 0 aliphatic heterocycles. The molecule has 0 aliphatic rings. The first kappa shape index (κ1) is 9.23. The van der Waals surface area contributed by atoms with Crippen LogP contribution in [0.2, 0.25) is 0 Å². The van der Waals surface area contributed by atoms with Crippen LogP contribution in [0, 0.1) is 0 Å². The van der Waals surface area contributed by atoms with E-state index in [9.17, 15) is 5.11 Å². The first-order valence-electron chi connectivity index (χ1n) is 4.16. The minimum atomic E-state index is -0.419. The number of hydrogen-bond acceptors (Lipinski definition) is 2. The summed E-state index contributed by atoms with van der Waals surface area (Å²) in [6.07, 6.45) is 0.661. The van der Waals surface area contributed by atoms with Crippen molar-refractivity contribution >= 4 is 0 Å². The van der Waals surface area contributed by atoms with Crippen molar-refractivity contribution in [1.82, 2.24) is 0 Å². The lowest BCUT2D eigenvalue weighted by atomic mass is 10.1. The normalized spacial score (nSPS) is 12.8. The molecule has 2 N–H and O–H groups in total. The second kappa shape index (κ2) is 4.91. The predicted octanol–water partition coefficient (Wildman–Crippen LogP) is 0.972. The van der Waals surface area contributed by atoms with Gasteiger partial charge in [-0.05, 0) is 18.4 Å². The Hall–Kier alpha value is -0.860. The van der Waals surface area contributed by atoms with Gasteiger partial charge in [-0.1, -0.05) is 30.3 Å². The number of aliphatic hydroxyl groups excluding tert-OH is 2. The third-order valence-corrected chi connectivity index (χ3v) is 1.78. The molecule has 0 aromatic heterocycles. The zero-order valence-electron chi connectivity index (χ0n) is 6.98. The molecule has 0 unspecified atom stereocenters. The van der Waals surface area contributed by atoms with E-state index in [1.807, 2.05) is 30.3 Å². The van der Waals surface area contributed by atoms with Crippen LogP contribution in [0.25, 0.3) is 0 Å². The molecule has 1 rings (SSSR count). The Balaban J connectivity index is 2.41. The third-order valence-electron chi connectivity index (χ3n) is 1.78. The second-order valence-electron chi connectivity index (χ2n) is 2.86. The van der Waals surface area contributed by atoms with Gasteiger partial charge in [-0.2, -0.15) is 0 Å². The topological polar surface area (TPSA) is 40.5 Å². The van der Waals surface area contributed by atoms with Gasteiger partial charge in [-0.15, -0.1) is 0 Å². The van der Waals surface area contributed by atoms with E-state index in [1.165, 1.54) is 0 Å². The Morgan fingerprint density at radius 2 is 1.83 bits per heavy atom. The molecule has 0 aliphatic carbocycles. The van der Waals surface area contributed by atoms with Gasteiger partial charge in [0.05, 0.1) is 6.10 Å². The summed E-state index contributed by atoms with van der Waals surface area (Å²) < 4.78 is 0. The molecule has 1 atom stereocenters. The van der Waals surface area contributed by atoms with Gasteiger partial charge in [0.25, 0.3) is 0 Å². The Morgan fingerprint density at radius 1 is 1.17 bits per heavy atom. The van der Waals surface area contributed by atoms with E-state index < -0.39 is 6.10 Å². The summed E-state index contributed by atoms with van der Waals surface area (Å²) in [5.41, 5.74) is 1.11. The number of aliphatic hydroxyl groups is 2. The summed E-state index contributed by atoms with van der Waals surface area (Å²) in [5.74, 6) is 0. The van der Waals surface area contributed by atoms with Crippen molar-refractivity contribution in [3.8, 4) is 0 Å². The lowest BCUT2D eigenvalue weighted by molar-refractivity contribution is 0.133. The highest BCUT2D eigenvalue weighted by Gasteiger charge is 2.03. The first-order chi connectivity index (χ1) is 5.83. The van der Waals surface area contributed by atoms with Crippen LogP contribution in [0.4, 0.5) is 0 Å². The Kier molecular flexibility index (Phi) is 3.77. The van der Waals surface area contributed by atoms with E-state index in [0.29, 0.717) is 12.8 Å². The molecule has 66 valence electrons. The number of rotatable bonds is 4. The van der Waals surface area contributed by atoms with Crippen molar-refractivity contribution in [2.24, 2.45) is 0 Å². The summed E-state index contributed by atoms with van der Waals surface area (Å²) in [4.78, 5) is 0. The second-order valence-corrected chi connectivity index (χ2v) is 2.86. The maximum Gasteiger partial charge on any atom is 0.0602 e. The van der Waals surface area contributed by atoms with E-state index >= 15 is 0 Å². The average molecular weight is 166 g/mol. The molecule has 0 saturated carbocycles. The molecule has 0 radical (unpaired) electrons. The van der Waals surface area contributed by atoms with E-state index in [0.717, 1.165) is 5.56 Å². The fourth-order valence-corrected chi connectivity index (χ4v) is 1.14. The largest absolute Gasteiger partial charge is 0.396 e. The van der Waals surface area contributed by atoms with Crippen LogP contribution in [-0.2, 0) is 6.42 Å². The van der Waals surface area contributed by atoms with Crippen molar-refractivity contribution in [1.29, 1.82) is 0 Å². The van der Waals surface area contributed by atoms with Gasteiger partial charge >= 0.3 is 0 Å². The molecule has 0 bridgehead atoms. The van der Waals surface area contributed by atoms with Crippen LogP contribution in [0.5, 0.6) is 0 Å². The van der Waals surface area contributed by atoms with Crippen molar-refractivity contribution in [2.45, 2.75) is 18.9 Å². The fraction of sp³-hybridized carbons (Fsp3) is 0.400. The monoisotopic (exact) mass is 166 g/mol. The maximum atomic E-state index is 9.34. The third kappa shape index (κ3) is 3.03. The molecule has 0 heterocycles. The molecule has 2 nitrogen and oxygen atoms in total. The molecule has 0 saturated heterocycles. The number of benzene rings is 1. The first-order valence-corrected chi connectivity index (χ1v) is 4.16. The SMILES string of the molecule is OCC[C@H](O)Cc1ccccc1. The highest BCUT2D eigenvalue weighted by atomic mass is 16.3. The summed E-state index contributed by atoms with van der Waals surface area (Å²) in [7, 11) is 0. The molecule has 0 amide bonds. The molecule has 0 fully saturated rings. The zero-order chi connectivity index (χ0) is 8.81. The van der Waals surface area contributed by atoms with E-state index in [4.69, 9.17) is 5.11 Å². The van der Waals surface area contributed by atoms with Crippen LogP contribution in [0.3, 0.4) is 0 Å². The van der Waals surface area contributed by atoms with Crippen molar-refractivity contribution in [3.63, 3.8) is 0 Å². The summed E-state index contributed by atoms with van der Waals surface area (Å²) in [5, 5.41) is 17.9. The van der Waals surface area contributed by atoms with Gasteiger partial charge in [-0.3, -0.25) is 0 Å². The molecule has 2 heteroatoms. The Morgan fingerprint density at radius 3 is 2.42 bits per heavy atom. The summed E-state index contributed by atoms with van der Waals surface area (Å²) in [6, 6.07) is 9.78. The summed E-state index contributed by atoms with van der Waals surface area (Å²) >= 11 is 0. The Labute approximate surface area is 72.5 Å². The van der Waals surface area contributed by atoms with Gasteiger partial charge in [0, 0.05) is 6.61 Å². The lowest BCUT2D eigenvalue weighted by Crippen LogP contribution is -2.11. The van der Waals surface area contributed by atoms with E-state index in [2.05, 4.69) is 0 Å². The zero-order valence-corrected chi connectivity index (χ0v) is 6.98. The fourth-order valence-electron chi connectivity index (χ4n) is 1.14. The van der Waals surface area contributed by atoms with Gasteiger partial charge < -0.3 is 10.2 Å². The minimum absolute atomic E-state index is 0.0496. The molecular formula is C10H14O2. The maximum absolute atomic E-state index is 9.34. The van der Waals surface area contributed by atoms with E-state index in [1.54, 1.807) is 0 Å². The van der Waals surface area contributed by atoms with Crippen LogP contribution in [-0.4, -0.2) is 22.9 Å². The smallest absolute Gasteiger partial charge is 0.0602 e. The molecular weight excluding hydrogens is 152 g/mol. The highest BCUT2D eigenvalue weighted by Crippen LogP contribution is 2.04. The van der Waals surface area contributed by atoms with Gasteiger partial charge in [-0.25, -0.2) is 0 Å². The predicted molar refractivity (Wildman–Crippen MR) is 47.9 cm³/mol. The molecule has 12 heavy (non-hydrogen) atoms. The van der Waals surface area contributed by atoms with E-state index in [-0.39, 0.29) is 6.61 Å². The van der Waals surface area contributed by atoms with Crippen LogP contribution in [0.15, 0.2) is 30.3 Å². The van der Waals surface area contributed by atoms with Gasteiger partial charge in [0.1, 0.15) is 0 Å². The number of hydrogen-bond donors (Lipinski definition) is 2. The standard InChI is InChI=1S/C10H14O2/c11-7-6-10(12)8-9-4-2-1-3-5-9/h1-5,10-12H,6-8H2/t10-/m0/s1. The average Bonchev–Trinajstić information content (AvgIpc) is 2.06.